The molecule has 1 heterocycles. The standard InChI is InChI=1S/C34H30N4O7S/c1-4-6-17-25(5-2)37-33(42)26(18-22-19-27(38(43)44)31(40)28(20-22)45-3)32(41)36-34(37)46-21-29(39)35-30(23-13-9-7-10-14-23)24-15-11-8-12-16-24/h4-20,30,40H,1,21H2,2-3H3,(H,35,39)/b17-6-,25-5+,26-18+. The number of phenols is 1. The van der Waals surface area contributed by atoms with E-state index in [0.29, 0.717) is 5.70 Å². The number of amidine groups is 1. The number of hydrogen-bond acceptors (Lipinski definition) is 8. The molecule has 12 heteroatoms. The molecule has 11 nitrogen and oxygen atoms in total. The fourth-order valence-corrected chi connectivity index (χ4v) is 5.36. The van der Waals surface area contributed by atoms with E-state index in [0.717, 1.165) is 35.0 Å². The number of carbonyl (C=O) groups is 3. The quantitative estimate of drug-likeness (QED) is 0.0892. The molecule has 3 amide bonds. The summed E-state index contributed by atoms with van der Waals surface area (Å²) >= 11 is 0.905. The first-order valence-corrected chi connectivity index (χ1v) is 14.9. The predicted molar refractivity (Wildman–Crippen MR) is 177 cm³/mol. The molecule has 46 heavy (non-hydrogen) atoms. The monoisotopic (exact) mass is 638 g/mol. The van der Waals surface area contributed by atoms with Crippen LogP contribution in [0.2, 0.25) is 0 Å². The molecule has 0 aliphatic carbocycles. The average Bonchev–Trinajstić information content (AvgIpc) is 3.06. The minimum atomic E-state index is -0.909. The van der Waals surface area contributed by atoms with Gasteiger partial charge in [-0.3, -0.25) is 29.4 Å². The summed E-state index contributed by atoms with van der Waals surface area (Å²) in [6.45, 7) is 5.34. The molecular weight excluding hydrogens is 608 g/mol. The third-order valence-corrected chi connectivity index (χ3v) is 7.66. The number of nitrogens with zero attached hydrogens (tertiary/aromatic N) is 3. The smallest absolute Gasteiger partial charge is 0.315 e. The molecule has 1 aliphatic rings. The molecule has 2 N–H and O–H groups in total. The number of carbonyl (C=O) groups excluding carboxylic acids is 3. The summed E-state index contributed by atoms with van der Waals surface area (Å²) < 4.78 is 5.04. The fraction of sp³-hybridized carbons (Fsp3) is 0.118. The molecule has 0 aromatic heterocycles. The lowest BCUT2D eigenvalue weighted by molar-refractivity contribution is -0.386. The first-order chi connectivity index (χ1) is 22.2. The van der Waals surface area contributed by atoms with Crippen LogP contribution in [0.5, 0.6) is 11.5 Å². The van der Waals surface area contributed by atoms with Crippen LogP contribution >= 0.6 is 11.8 Å². The number of benzene rings is 3. The average molecular weight is 639 g/mol. The van der Waals surface area contributed by atoms with Crippen LogP contribution in [0, 0.1) is 10.1 Å². The maximum atomic E-state index is 13.9. The van der Waals surface area contributed by atoms with Crippen LogP contribution in [-0.4, -0.2) is 50.7 Å². The van der Waals surface area contributed by atoms with E-state index in [1.165, 1.54) is 24.2 Å². The summed E-state index contributed by atoms with van der Waals surface area (Å²) in [7, 11) is 1.21. The van der Waals surface area contributed by atoms with E-state index < -0.39 is 39.8 Å². The van der Waals surface area contributed by atoms with E-state index in [-0.39, 0.29) is 28.1 Å². The van der Waals surface area contributed by atoms with E-state index in [2.05, 4.69) is 16.9 Å². The third-order valence-electron chi connectivity index (χ3n) is 6.72. The molecule has 0 fully saturated rings. The number of nitro benzene ring substituents is 1. The van der Waals surface area contributed by atoms with Gasteiger partial charge in [0.1, 0.15) is 5.57 Å². The summed E-state index contributed by atoms with van der Waals surface area (Å²) in [6, 6.07) is 20.7. The minimum absolute atomic E-state index is 0.0330. The highest BCUT2D eigenvalue weighted by atomic mass is 32.2. The van der Waals surface area contributed by atoms with Gasteiger partial charge in [0.05, 0.1) is 23.8 Å². The Morgan fingerprint density at radius 2 is 1.76 bits per heavy atom. The van der Waals surface area contributed by atoms with Crippen molar-refractivity contribution >= 4 is 46.4 Å². The van der Waals surface area contributed by atoms with Crippen LogP contribution in [-0.2, 0) is 14.4 Å². The molecule has 0 unspecified atom stereocenters. The number of methoxy groups -OCH3 is 1. The van der Waals surface area contributed by atoms with Crippen LogP contribution in [0.3, 0.4) is 0 Å². The van der Waals surface area contributed by atoms with Crippen LogP contribution in [0.4, 0.5) is 5.69 Å². The molecular formula is C34H30N4O7S. The second-order valence-corrected chi connectivity index (χ2v) is 10.6. The molecule has 3 aromatic rings. The minimum Gasteiger partial charge on any atom is -0.500 e. The normalized spacial score (nSPS) is 14.5. The highest BCUT2D eigenvalue weighted by molar-refractivity contribution is 8.14. The Bertz CT molecular complexity index is 1740. The second-order valence-electron chi connectivity index (χ2n) is 9.67. The number of aliphatic imine (C=N–C) groups is 1. The van der Waals surface area contributed by atoms with Gasteiger partial charge in [-0.25, -0.2) is 0 Å². The number of nitro groups is 1. The van der Waals surface area contributed by atoms with Crippen LogP contribution in [0.1, 0.15) is 29.7 Å². The number of thioether (sulfide) groups is 1. The van der Waals surface area contributed by atoms with Crippen molar-refractivity contribution < 1.29 is 29.2 Å². The molecule has 0 saturated heterocycles. The molecule has 0 atom stereocenters. The molecule has 0 spiro atoms. The Morgan fingerprint density at radius 3 is 2.30 bits per heavy atom. The van der Waals surface area contributed by atoms with E-state index in [1.54, 1.807) is 25.2 Å². The lowest BCUT2D eigenvalue weighted by Gasteiger charge is -2.28. The van der Waals surface area contributed by atoms with Crippen LogP contribution < -0.4 is 10.1 Å². The number of allylic oxidation sites excluding steroid dienone is 4. The molecule has 234 valence electrons. The first-order valence-electron chi connectivity index (χ1n) is 13.9. The fourth-order valence-electron chi connectivity index (χ4n) is 4.55. The molecule has 0 saturated carbocycles. The zero-order valence-electron chi connectivity index (χ0n) is 25.0. The zero-order chi connectivity index (χ0) is 33.2. The molecule has 3 aromatic carbocycles. The number of hydrogen-bond donors (Lipinski definition) is 2. The lowest BCUT2D eigenvalue weighted by Crippen LogP contribution is -2.42. The Kier molecular flexibility index (Phi) is 11.0. The van der Waals surface area contributed by atoms with Crippen molar-refractivity contribution in [3.63, 3.8) is 0 Å². The Labute approximate surface area is 269 Å². The molecule has 4 rings (SSSR count). The second kappa shape index (κ2) is 15.3. The van der Waals surface area contributed by atoms with Gasteiger partial charge in [0, 0.05) is 11.8 Å². The topological polar surface area (TPSA) is 151 Å². The number of ether oxygens (including phenoxy) is 1. The maximum absolute atomic E-state index is 13.9. The van der Waals surface area contributed by atoms with E-state index in [4.69, 9.17) is 4.74 Å². The van der Waals surface area contributed by atoms with E-state index >= 15 is 0 Å². The van der Waals surface area contributed by atoms with Gasteiger partial charge < -0.3 is 15.2 Å². The maximum Gasteiger partial charge on any atom is 0.315 e. The largest absolute Gasteiger partial charge is 0.500 e. The van der Waals surface area contributed by atoms with Gasteiger partial charge in [-0.1, -0.05) is 97.2 Å². The number of amides is 3. The van der Waals surface area contributed by atoms with Gasteiger partial charge in [-0.2, -0.15) is 4.99 Å². The highest BCUT2D eigenvalue weighted by Crippen LogP contribution is 2.38. The number of aromatic hydroxyl groups is 1. The van der Waals surface area contributed by atoms with Gasteiger partial charge in [-0.05, 0) is 41.8 Å². The zero-order valence-corrected chi connectivity index (χ0v) is 25.8. The van der Waals surface area contributed by atoms with Crippen molar-refractivity contribution in [3.8, 4) is 11.5 Å². The molecule has 0 bridgehead atoms. The first kappa shape index (κ1) is 33.1. The highest BCUT2D eigenvalue weighted by Gasteiger charge is 2.35. The van der Waals surface area contributed by atoms with Crippen molar-refractivity contribution in [1.82, 2.24) is 10.2 Å². The van der Waals surface area contributed by atoms with Crippen LogP contribution in [0.25, 0.3) is 6.08 Å². The number of rotatable bonds is 11. The summed E-state index contributed by atoms with van der Waals surface area (Å²) in [5, 5.41) is 24.6. The Hall–Kier alpha value is -5.75. The third kappa shape index (κ3) is 7.66. The van der Waals surface area contributed by atoms with Gasteiger partial charge in [0.25, 0.3) is 11.8 Å². The Morgan fingerprint density at radius 1 is 1.13 bits per heavy atom. The van der Waals surface area contributed by atoms with Crippen molar-refractivity contribution in [2.45, 2.75) is 13.0 Å². The number of phenolic OH excluding ortho intramolecular Hbond substituents is 1. The van der Waals surface area contributed by atoms with Crippen molar-refractivity contribution in [2.75, 3.05) is 12.9 Å². The number of nitrogens with one attached hydrogen (secondary N) is 1. The van der Waals surface area contributed by atoms with Gasteiger partial charge >= 0.3 is 5.69 Å². The predicted octanol–water partition coefficient (Wildman–Crippen LogP) is 5.70. The van der Waals surface area contributed by atoms with Crippen LogP contribution in [0.15, 0.2) is 120 Å². The van der Waals surface area contributed by atoms with E-state index in [1.807, 2.05) is 60.7 Å². The summed E-state index contributed by atoms with van der Waals surface area (Å²) in [6.07, 6.45) is 7.45. The van der Waals surface area contributed by atoms with Crippen molar-refractivity contribution in [3.05, 3.63) is 142 Å². The summed E-state index contributed by atoms with van der Waals surface area (Å²) in [5.74, 6) is -3.13. The Balaban J connectivity index is 1.67. The van der Waals surface area contributed by atoms with Crippen molar-refractivity contribution in [1.29, 1.82) is 0 Å². The van der Waals surface area contributed by atoms with Gasteiger partial charge in [0.15, 0.2) is 10.9 Å². The van der Waals surface area contributed by atoms with Gasteiger partial charge in [-0.15, -0.1) is 0 Å². The summed E-state index contributed by atoms with van der Waals surface area (Å²) in [5.41, 5.74) is 1.09. The SMILES string of the molecule is C=C/C=C\C(=C/C)N1C(=O)/C(=C/c2cc(OC)c(O)c([N+](=O)[O-])c2)C(=O)N=C1SCC(=O)NC(c1ccccc1)c1ccccc1. The van der Waals surface area contributed by atoms with Gasteiger partial charge in [0.2, 0.25) is 11.7 Å². The van der Waals surface area contributed by atoms with Crippen molar-refractivity contribution in [2.24, 2.45) is 4.99 Å². The molecule has 0 radical (unpaired) electrons. The van der Waals surface area contributed by atoms with E-state index in [9.17, 15) is 29.6 Å². The molecule has 1 aliphatic heterocycles. The summed E-state index contributed by atoms with van der Waals surface area (Å²) in [4.78, 5) is 56.4. The lowest BCUT2D eigenvalue weighted by atomic mass is 9.99.